The molecule has 3 rings (SSSR count). The summed E-state index contributed by atoms with van der Waals surface area (Å²) in [6.07, 6.45) is 2.96. The first-order chi connectivity index (χ1) is 14.7. The largest absolute Gasteiger partial charge is 0.493 e. The number of para-hydroxylation sites is 2. The second kappa shape index (κ2) is 10.5. The van der Waals surface area contributed by atoms with Crippen LogP contribution in [0.1, 0.15) is 16.1 Å². The van der Waals surface area contributed by atoms with Gasteiger partial charge in [0, 0.05) is 11.6 Å². The number of nitrogens with one attached hydrogen (secondary N) is 2. The van der Waals surface area contributed by atoms with Gasteiger partial charge >= 0.3 is 0 Å². The minimum atomic E-state index is -0.459. The molecule has 2 N–H and O–H groups in total. The van der Waals surface area contributed by atoms with Crippen LogP contribution in [0.15, 0.2) is 83.1 Å². The molecule has 0 saturated carbocycles. The maximum Gasteiger partial charge on any atom is 0.268 e. The Balaban J connectivity index is 1.61. The zero-order valence-electron chi connectivity index (χ0n) is 16.5. The van der Waals surface area contributed by atoms with Crippen molar-refractivity contribution >= 4 is 17.9 Å². The van der Waals surface area contributed by atoms with Crippen molar-refractivity contribution in [2.45, 2.75) is 0 Å². The fourth-order valence-corrected chi connectivity index (χ4v) is 2.62. The van der Waals surface area contributed by atoms with E-state index in [1.54, 1.807) is 55.6 Å². The molecule has 7 nitrogen and oxygen atoms in total. The van der Waals surface area contributed by atoms with Crippen LogP contribution in [0.3, 0.4) is 0 Å². The molecule has 0 saturated heterocycles. The van der Waals surface area contributed by atoms with Crippen LogP contribution in [0.4, 0.5) is 0 Å². The van der Waals surface area contributed by atoms with Crippen molar-refractivity contribution in [3.05, 3.63) is 90.0 Å². The number of rotatable bonds is 9. The molecule has 0 unspecified atom stereocenters. The number of amides is 2. The maximum absolute atomic E-state index is 12.7. The highest BCUT2D eigenvalue weighted by Crippen LogP contribution is 2.25. The third-order valence-corrected chi connectivity index (χ3v) is 4.07. The molecule has 1 heterocycles. The van der Waals surface area contributed by atoms with Crippen LogP contribution in [0.25, 0.3) is 6.08 Å². The molecule has 2 aromatic carbocycles. The first-order valence-corrected chi connectivity index (χ1v) is 9.33. The number of ether oxygens (including phenoxy) is 2. The number of hydrogen-bond acceptors (Lipinski definition) is 5. The zero-order chi connectivity index (χ0) is 21.2. The van der Waals surface area contributed by atoms with Crippen molar-refractivity contribution in [2.75, 3.05) is 20.3 Å². The predicted molar refractivity (Wildman–Crippen MR) is 112 cm³/mol. The number of carbonyl (C=O) groups excluding carboxylic acids is 2. The predicted octanol–water partition coefficient (Wildman–Crippen LogP) is 3.25. The highest BCUT2D eigenvalue weighted by Gasteiger charge is 2.15. The molecule has 7 heteroatoms. The summed E-state index contributed by atoms with van der Waals surface area (Å²) >= 11 is 0. The normalized spacial score (nSPS) is 10.9. The first kappa shape index (κ1) is 20.7. The van der Waals surface area contributed by atoms with Crippen LogP contribution < -0.4 is 20.1 Å². The highest BCUT2D eigenvalue weighted by atomic mass is 16.5. The zero-order valence-corrected chi connectivity index (χ0v) is 16.5. The minimum absolute atomic E-state index is 0.0658. The Labute approximate surface area is 174 Å². The van der Waals surface area contributed by atoms with E-state index in [-0.39, 0.29) is 18.8 Å². The van der Waals surface area contributed by atoms with Crippen LogP contribution in [-0.4, -0.2) is 32.1 Å². The van der Waals surface area contributed by atoms with Gasteiger partial charge in [-0.05, 0) is 36.4 Å². The summed E-state index contributed by atoms with van der Waals surface area (Å²) in [6.45, 7) is 0.459. The second-order valence-electron chi connectivity index (χ2n) is 6.15. The lowest BCUT2D eigenvalue weighted by Crippen LogP contribution is -2.36. The molecule has 1 aromatic heterocycles. The summed E-state index contributed by atoms with van der Waals surface area (Å²) in [5.41, 5.74) is 0.506. The van der Waals surface area contributed by atoms with Crippen molar-refractivity contribution < 1.29 is 23.5 Å². The number of carbonyl (C=O) groups is 2. The van der Waals surface area contributed by atoms with E-state index in [4.69, 9.17) is 13.9 Å². The van der Waals surface area contributed by atoms with Gasteiger partial charge in [0.2, 0.25) is 0 Å². The quantitative estimate of drug-likeness (QED) is 0.421. The van der Waals surface area contributed by atoms with Crippen LogP contribution in [0.2, 0.25) is 0 Å². The van der Waals surface area contributed by atoms with Gasteiger partial charge in [-0.25, -0.2) is 0 Å². The lowest BCUT2D eigenvalue weighted by atomic mass is 10.2. The lowest BCUT2D eigenvalue weighted by molar-refractivity contribution is -0.117. The van der Waals surface area contributed by atoms with Gasteiger partial charge < -0.3 is 24.5 Å². The topological polar surface area (TPSA) is 89.8 Å². The van der Waals surface area contributed by atoms with Crippen LogP contribution in [-0.2, 0) is 4.79 Å². The van der Waals surface area contributed by atoms with Gasteiger partial charge in [0.25, 0.3) is 11.8 Å². The van der Waals surface area contributed by atoms with Gasteiger partial charge in [-0.15, -0.1) is 0 Å². The number of furan rings is 1. The molecule has 0 spiro atoms. The summed E-state index contributed by atoms with van der Waals surface area (Å²) in [5.74, 6) is 0.780. The Morgan fingerprint density at radius 1 is 0.967 bits per heavy atom. The highest BCUT2D eigenvalue weighted by molar-refractivity contribution is 6.05. The van der Waals surface area contributed by atoms with Gasteiger partial charge in [-0.2, -0.15) is 0 Å². The summed E-state index contributed by atoms with van der Waals surface area (Å²) in [7, 11) is 1.56. The van der Waals surface area contributed by atoms with Gasteiger partial charge in [0.1, 0.15) is 18.1 Å². The van der Waals surface area contributed by atoms with Crippen LogP contribution in [0.5, 0.6) is 11.5 Å². The van der Waals surface area contributed by atoms with Crippen molar-refractivity contribution in [3.8, 4) is 11.5 Å². The molecule has 3 aromatic rings. The average Bonchev–Trinajstić information content (AvgIpc) is 3.30. The van der Waals surface area contributed by atoms with Gasteiger partial charge in [0.15, 0.2) is 11.5 Å². The molecule has 30 heavy (non-hydrogen) atoms. The number of benzene rings is 2. The van der Waals surface area contributed by atoms with Crippen molar-refractivity contribution in [3.63, 3.8) is 0 Å². The van der Waals surface area contributed by atoms with E-state index in [0.29, 0.717) is 22.8 Å². The fourth-order valence-electron chi connectivity index (χ4n) is 2.62. The molecule has 0 bridgehead atoms. The molecule has 0 radical (unpaired) electrons. The Morgan fingerprint density at radius 2 is 1.70 bits per heavy atom. The third-order valence-electron chi connectivity index (χ3n) is 4.07. The Morgan fingerprint density at radius 3 is 2.40 bits per heavy atom. The molecule has 0 aliphatic heterocycles. The molecule has 0 atom stereocenters. The van der Waals surface area contributed by atoms with E-state index in [1.807, 2.05) is 18.2 Å². The average molecular weight is 406 g/mol. The third kappa shape index (κ3) is 5.75. The maximum atomic E-state index is 12.7. The van der Waals surface area contributed by atoms with Gasteiger partial charge in [0.05, 0.1) is 19.9 Å². The molecule has 154 valence electrons. The molecular formula is C23H22N2O5. The SMILES string of the molecule is COc1ccccc1OCCNC(=O)/C(=C/c1ccco1)NC(=O)c1ccccc1. The van der Waals surface area contributed by atoms with Gasteiger partial charge in [-0.1, -0.05) is 30.3 Å². The second-order valence-corrected chi connectivity index (χ2v) is 6.15. The number of methoxy groups -OCH3 is 1. The number of hydrogen-bond donors (Lipinski definition) is 2. The Hall–Kier alpha value is -4.00. The molecule has 0 aliphatic carbocycles. The van der Waals surface area contributed by atoms with E-state index in [2.05, 4.69) is 10.6 Å². The van der Waals surface area contributed by atoms with E-state index < -0.39 is 11.8 Å². The van der Waals surface area contributed by atoms with Crippen molar-refractivity contribution in [1.29, 1.82) is 0 Å². The molecule has 0 fully saturated rings. The van der Waals surface area contributed by atoms with E-state index in [1.165, 1.54) is 12.3 Å². The Kier molecular flexibility index (Phi) is 7.27. The summed E-state index contributed by atoms with van der Waals surface area (Å²) in [4.78, 5) is 25.1. The molecular weight excluding hydrogens is 384 g/mol. The fraction of sp³-hybridized carbons (Fsp3) is 0.130. The monoisotopic (exact) mass is 406 g/mol. The minimum Gasteiger partial charge on any atom is -0.493 e. The van der Waals surface area contributed by atoms with Crippen molar-refractivity contribution in [1.82, 2.24) is 10.6 Å². The standard InChI is InChI=1S/C23H22N2O5/c1-28-20-11-5-6-12-21(20)30-15-13-24-23(27)19(16-18-10-7-14-29-18)25-22(26)17-8-3-2-4-9-17/h2-12,14,16H,13,15H2,1H3,(H,24,27)(H,25,26)/b19-16-. The molecule has 0 aliphatic rings. The van der Waals surface area contributed by atoms with Crippen molar-refractivity contribution in [2.24, 2.45) is 0 Å². The van der Waals surface area contributed by atoms with Crippen LogP contribution >= 0.6 is 0 Å². The summed E-state index contributed by atoms with van der Waals surface area (Å²) in [5, 5.41) is 5.37. The lowest BCUT2D eigenvalue weighted by Gasteiger charge is -2.12. The van der Waals surface area contributed by atoms with E-state index in [0.717, 1.165) is 0 Å². The van der Waals surface area contributed by atoms with Gasteiger partial charge in [-0.3, -0.25) is 9.59 Å². The smallest absolute Gasteiger partial charge is 0.268 e. The molecule has 2 amide bonds. The summed E-state index contributed by atoms with van der Waals surface area (Å²) < 4.78 is 16.1. The Bertz CT molecular complexity index is 997. The van der Waals surface area contributed by atoms with E-state index in [9.17, 15) is 9.59 Å². The van der Waals surface area contributed by atoms with Crippen LogP contribution in [0, 0.1) is 0 Å². The first-order valence-electron chi connectivity index (χ1n) is 9.33. The summed E-state index contributed by atoms with van der Waals surface area (Å²) in [6, 6.07) is 19.3. The van der Waals surface area contributed by atoms with E-state index >= 15 is 0 Å².